The summed E-state index contributed by atoms with van der Waals surface area (Å²) in [6.45, 7) is 0. The lowest BCUT2D eigenvalue weighted by molar-refractivity contribution is 0.236. The van der Waals surface area contributed by atoms with Gasteiger partial charge in [-0.25, -0.2) is 8.42 Å². The van der Waals surface area contributed by atoms with E-state index in [1.807, 2.05) is 0 Å². The van der Waals surface area contributed by atoms with Crippen LogP contribution in [0.15, 0.2) is 6.20 Å². The molecular weight excluding hydrogens is 218 g/mol. The van der Waals surface area contributed by atoms with Gasteiger partial charge >= 0.3 is 5.76 Å². The van der Waals surface area contributed by atoms with E-state index >= 15 is 0 Å². The van der Waals surface area contributed by atoms with Crippen molar-refractivity contribution in [1.82, 2.24) is 9.78 Å². The molecule has 1 rings (SSSR count). The van der Waals surface area contributed by atoms with Gasteiger partial charge in [0.05, 0.1) is 11.9 Å². The average molecular weight is 226 g/mol. The summed E-state index contributed by atoms with van der Waals surface area (Å²) in [4.78, 5) is 0. The SMILES string of the molecule is Cn1ncc(N)c1NS(=O)(=O)C(F)F. The third-order valence-corrected chi connectivity index (χ3v) is 2.39. The first-order valence-corrected chi connectivity index (χ1v) is 4.96. The molecule has 0 aromatic carbocycles. The number of nitrogens with one attached hydrogen (secondary N) is 1. The number of alkyl halides is 2. The molecule has 3 N–H and O–H groups in total. The number of halogens is 2. The molecule has 1 heterocycles. The predicted octanol–water partition coefficient (Wildman–Crippen LogP) is -0.0334. The number of anilines is 2. The fourth-order valence-electron chi connectivity index (χ4n) is 0.759. The Labute approximate surface area is 78.8 Å². The molecular formula is C5H8F2N4O2S. The molecule has 14 heavy (non-hydrogen) atoms. The molecule has 9 heteroatoms. The largest absolute Gasteiger partial charge is 0.394 e. The summed E-state index contributed by atoms with van der Waals surface area (Å²) in [6, 6.07) is 0. The lowest BCUT2D eigenvalue weighted by Gasteiger charge is -2.07. The van der Waals surface area contributed by atoms with Crippen molar-refractivity contribution in [3.05, 3.63) is 6.20 Å². The van der Waals surface area contributed by atoms with E-state index in [0.29, 0.717) is 0 Å². The van der Waals surface area contributed by atoms with Crippen LogP contribution in [0.2, 0.25) is 0 Å². The third-order valence-electron chi connectivity index (χ3n) is 1.44. The van der Waals surface area contributed by atoms with Gasteiger partial charge in [0.25, 0.3) is 10.0 Å². The van der Waals surface area contributed by atoms with Crippen LogP contribution in [0.5, 0.6) is 0 Å². The van der Waals surface area contributed by atoms with E-state index in [9.17, 15) is 17.2 Å². The fraction of sp³-hybridized carbons (Fsp3) is 0.400. The van der Waals surface area contributed by atoms with E-state index in [0.717, 1.165) is 10.9 Å². The lowest BCUT2D eigenvalue weighted by atomic mass is 10.5. The Balaban J connectivity index is 3.01. The van der Waals surface area contributed by atoms with Gasteiger partial charge in [-0.2, -0.15) is 13.9 Å². The van der Waals surface area contributed by atoms with Gasteiger partial charge in [-0.3, -0.25) is 9.40 Å². The molecule has 6 nitrogen and oxygen atoms in total. The van der Waals surface area contributed by atoms with E-state index < -0.39 is 15.8 Å². The Morgan fingerprint density at radius 2 is 2.21 bits per heavy atom. The smallest absolute Gasteiger partial charge is 0.355 e. The molecule has 0 spiro atoms. The molecule has 0 aliphatic rings. The number of aromatic nitrogens is 2. The van der Waals surface area contributed by atoms with E-state index in [-0.39, 0.29) is 11.5 Å². The zero-order valence-electron chi connectivity index (χ0n) is 7.11. The number of nitrogens with two attached hydrogens (primary N) is 1. The Kier molecular flexibility index (Phi) is 2.60. The maximum absolute atomic E-state index is 11.9. The van der Waals surface area contributed by atoms with E-state index in [2.05, 4.69) is 5.10 Å². The predicted molar refractivity (Wildman–Crippen MR) is 46.2 cm³/mol. The van der Waals surface area contributed by atoms with Gasteiger partial charge in [0.15, 0.2) is 5.82 Å². The van der Waals surface area contributed by atoms with Gasteiger partial charge in [-0.1, -0.05) is 0 Å². The molecule has 0 aliphatic carbocycles. The van der Waals surface area contributed by atoms with Gasteiger partial charge in [-0.15, -0.1) is 0 Å². The van der Waals surface area contributed by atoms with Crippen LogP contribution in [0.25, 0.3) is 0 Å². The summed E-state index contributed by atoms with van der Waals surface area (Å²) in [5.41, 5.74) is 5.28. The van der Waals surface area contributed by atoms with Crippen LogP contribution in [0, 0.1) is 0 Å². The molecule has 0 amide bonds. The maximum Gasteiger partial charge on any atom is 0.355 e. The normalized spacial score (nSPS) is 12.0. The zero-order valence-corrected chi connectivity index (χ0v) is 7.92. The average Bonchev–Trinajstić information content (AvgIpc) is 2.35. The topological polar surface area (TPSA) is 90.0 Å². The van der Waals surface area contributed by atoms with Crippen molar-refractivity contribution in [2.24, 2.45) is 7.05 Å². The summed E-state index contributed by atoms with van der Waals surface area (Å²) in [5, 5.41) is 3.58. The number of rotatable bonds is 3. The summed E-state index contributed by atoms with van der Waals surface area (Å²) in [6.07, 6.45) is 1.16. The molecule has 0 saturated heterocycles. The molecule has 0 fully saturated rings. The first-order chi connectivity index (χ1) is 6.34. The van der Waals surface area contributed by atoms with Gasteiger partial charge in [-0.05, 0) is 0 Å². The van der Waals surface area contributed by atoms with Crippen molar-refractivity contribution in [1.29, 1.82) is 0 Å². The summed E-state index contributed by atoms with van der Waals surface area (Å²) in [7, 11) is -3.32. The van der Waals surface area contributed by atoms with Crippen molar-refractivity contribution in [2.45, 2.75) is 5.76 Å². The van der Waals surface area contributed by atoms with Crippen LogP contribution in [0.3, 0.4) is 0 Å². The maximum atomic E-state index is 11.9. The molecule has 80 valence electrons. The first-order valence-electron chi connectivity index (χ1n) is 3.42. The number of aryl methyl sites for hydroxylation is 1. The van der Waals surface area contributed by atoms with Gasteiger partial charge in [0.1, 0.15) is 0 Å². The summed E-state index contributed by atoms with van der Waals surface area (Å²) in [5.74, 6) is -3.68. The number of nitrogens with zero attached hydrogens (tertiary/aromatic N) is 2. The minimum Gasteiger partial charge on any atom is -0.394 e. The Morgan fingerprint density at radius 3 is 2.57 bits per heavy atom. The van der Waals surface area contributed by atoms with Crippen molar-refractivity contribution >= 4 is 21.5 Å². The minimum atomic E-state index is -4.69. The van der Waals surface area contributed by atoms with Gasteiger partial charge < -0.3 is 5.73 Å². The molecule has 0 atom stereocenters. The standard InChI is InChI=1S/C5H8F2N4O2S/c1-11-4(3(8)2-9-11)10-14(12,13)5(6)7/h2,5,10H,8H2,1H3. The second kappa shape index (κ2) is 3.40. The van der Waals surface area contributed by atoms with Crippen molar-refractivity contribution in [3.8, 4) is 0 Å². The Bertz CT molecular complexity index is 407. The van der Waals surface area contributed by atoms with Crippen LogP contribution < -0.4 is 10.5 Å². The van der Waals surface area contributed by atoms with Crippen LogP contribution in [0.4, 0.5) is 20.3 Å². The molecule has 0 saturated carbocycles. The minimum absolute atomic E-state index is 0.0169. The molecule has 0 unspecified atom stereocenters. The van der Waals surface area contributed by atoms with E-state index in [4.69, 9.17) is 5.73 Å². The fourth-order valence-corrected chi connectivity index (χ4v) is 1.37. The number of hydrogen-bond donors (Lipinski definition) is 2. The monoisotopic (exact) mass is 226 g/mol. The van der Waals surface area contributed by atoms with Crippen molar-refractivity contribution < 1.29 is 17.2 Å². The highest BCUT2D eigenvalue weighted by Crippen LogP contribution is 2.19. The van der Waals surface area contributed by atoms with E-state index in [1.54, 1.807) is 4.72 Å². The second-order valence-corrected chi connectivity index (χ2v) is 4.13. The second-order valence-electron chi connectivity index (χ2n) is 2.48. The summed E-state index contributed by atoms with van der Waals surface area (Å²) >= 11 is 0. The molecule has 1 aromatic rings. The van der Waals surface area contributed by atoms with Crippen LogP contribution in [-0.4, -0.2) is 24.0 Å². The zero-order chi connectivity index (χ0) is 10.9. The number of nitrogen functional groups attached to an aromatic ring is 1. The van der Waals surface area contributed by atoms with Crippen LogP contribution >= 0.6 is 0 Å². The third kappa shape index (κ3) is 1.92. The first kappa shape index (κ1) is 10.7. The highest BCUT2D eigenvalue weighted by Gasteiger charge is 2.25. The van der Waals surface area contributed by atoms with Gasteiger partial charge in [0.2, 0.25) is 0 Å². The molecule has 0 radical (unpaired) electrons. The highest BCUT2D eigenvalue weighted by molar-refractivity contribution is 7.93. The number of hydrogen-bond acceptors (Lipinski definition) is 4. The van der Waals surface area contributed by atoms with E-state index in [1.165, 1.54) is 7.05 Å². The van der Waals surface area contributed by atoms with Crippen LogP contribution in [-0.2, 0) is 17.1 Å². The summed E-state index contributed by atoms with van der Waals surface area (Å²) < 4.78 is 48.1. The van der Waals surface area contributed by atoms with Gasteiger partial charge in [0, 0.05) is 7.05 Å². The Morgan fingerprint density at radius 1 is 1.64 bits per heavy atom. The quantitative estimate of drug-likeness (QED) is 0.757. The number of sulfonamides is 1. The highest BCUT2D eigenvalue weighted by atomic mass is 32.2. The molecule has 0 aliphatic heterocycles. The molecule has 1 aromatic heterocycles. The van der Waals surface area contributed by atoms with Crippen LogP contribution in [0.1, 0.15) is 0 Å². The lowest BCUT2D eigenvalue weighted by Crippen LogP contribution is -2.22. The van der Waals surface area contributed by atoms with Crippen molar-refractivity contribution in [3.63, 3.8) is 0 Å². The van der Waals surface area contributed by atoms with Crippen molar-refractivity contribution in [2.75, 3.05) is 10.5 Å². The Hall–Kier alpha value is -1.38. The molecule has 0 bridgehead atoms.